The number of rotatable bonds is 20. The maximum Gasteiger partial charge on any atom is 0.325 e. The maximum atomic E-state index is 14.5. The van der Waals surface area contributed by atoms with Crippen LogP contribution in [0.15, 0.2) is 60.7 Å². The third-order valence-electron chi connectivity index (χ3n) is 8.95. The largest absolute Gasteiger partial charge is 0.435 e. The average Bonchev–Trinajstić information content (AvgIpc) is 3.14. The van der Waals surface area contributed by atoms with Crippen LogP contribution in [0, 0.1) is 16.7 Å². The Labute approximate surface area is 331 Å². The van der Waals surface area contributed by atoms with Crippen LogP contribution in [-0.2, 0) is 56.1 Å². The topological polar surface area (TPSA) is 217 Å². The minimum atomic E-state index is -2.02. The molecule has 0 bridgehead atoms. The van der Waals surface area contributed by atoms with Gasteiger partial charge in [0.05, 0.1) is 13.2 Å². The van der Waals surface area contributed by atoms with Crippen molar-refractivity contribution in [3.63, 3.8) is 0 Å². The van der Waals surface area contributed by atoms with Gasteiger partial charge < -0.3 is 51.1 Å². The van der Waals surface area contributed by atoms with Gasteiger partial charge in [0.25, 0.3) is 11.8 Å². The second-order valence-corrected chi connectivity index (χ2v) is 16.1. The van der Waals surface area contributed by atoms with Crippen molar-refractivity contribution in [1.29, 1.82) is 0 Å². The summed E-state index contributed by atoms with van der Waals surface area (Å²) in [6, 6.07) is 14.5. The Balaban J connectivity index is 2.78. The fourth-order valence-corrected chi connectivity index (χ4v) is 5.52. The first kappa shape index (κ1) is 47.7. The standard InChI is InChI=1S/C41H63N5O10/c1-24(2)28(42)39(52)56-25(3)55-30(32(54-23-27-20-16-13-17-21-27)36(49)46-34(38(51)44-11)41(7,8)9)29(47)31(53-22-26-18-14-12-15-19-26)35(48)45-33(37(50)43-10)40(4,5)6/h12-21,24-25,28-34,47H,22-23,42H2,1-11H3,(H,43,50)(H,44,51)(H,45,48)(H,46,49)/t25?,28-,29+,30+,31+,32+,33+,34+/m0/s1. The molecule has 8 atom stereocenters. The van der Waals surface area contributed by atoms with Crippen LogP contribution in [0.1, 0.15) is 73.4 Å². The van der Waals surface area contributed by atoms with Gasteiger partial charge in [-0.3, -0.25) is 24.0 Å². The zero-order valence-electron chi connectivity index (χ0n) is 34.6. The van der Waals surface area contributed by atoms with Crippen LogP contribution in [0.25, 0.3) is 0 Å². The predicted molar refractivity (Wildman–Crippen MR) is 210 cm³/mol. The van der Waals surface area contributed by atoms with Crippen molar-refractivity contribution in [1.82, 2.24) is 21.3 Å². The average molecular weight is 786 g/mol. The number of esters is 1. The quantitative estimate of drug-likeness (QED) is 0.0846. The van der Waals surface area contributed by atoms with Crippen molar-refractivity contribution in [3.8, 4) is 0 Å². The van der Waals surface area contributed by atoms with Crippen molar-refractivity contribution in [3.05, 3.63) is 71.8 Å². The van der Waals surface area contributed by atoms with E-state index in [1.807, 2.05) is 0 Å². The number of ether oxygens (including phenoxy) is 4. The van der Waals surface area contributed by atoms with E-state index < -0.39 is 89.3 Å². The summed E-state index contributed by atoms with van der Waals surface area (Å²) in [6.07, 6.45) is -8.84. The molecule has 56 heavy (non-hydrogen) atoms. The normalized spacial score (nSPS) is 16.2. The van der Waals surface area contributed by atoms with Crippen LogP contribution in [0.2, 0.25) is 0 Å². The molecule has 0 aliphatic carbocycles. The number of aliphatic hydroxyl groups is 1. The number of nitrogens with one attached hydrogen (secondary N) is 4. The summed E-state index contributed by atoms with van der Waals surface area (Å²) in [5.74, 6) is -3.89. The lowest BCUT2D eigenvalue weighted by molar-refractivity contribution is -0.229. The van der Waals surface area contributed by atoms with E-state index in [0.29, 0.717) is 11.1 Å². The van der Waals surface area contributed by atoms with Crippen LogP contribution in [0.4, 0.5) is 0 Å². The highest BCUT2D eigenvalue weighted by Crippen LogP contribution is 2.25. The zero-order valence-corrected chi connectivity index (χ0v) is 34.6. The van der Waals surface area contributed by atoms with E-state index in [1.165, 1.54) is 21.0 Å². The molecule has 0 aromatic heterocycles. The Morgan fingerprint density at radius 3 is 1.43 bits per heavy atom. The van der Waals surface area contributed by atoms with Crippen molar-refractivity contribution >= 4 is 29.6 Å². The number of benzene rings is 2. The van der Waals surface area contributed by atoms with Crippen molar-refractivity contribution in [2.45, 2.75) is 124 Å². The summed E-state index contributed by atoms with van der Waals surface area (Å²) in [7, 11) is 2.86. The van der Waals surface area contributed by atoms with E-state index in [1.54, 1.807) is 116 Å². The molecule has 0 fully saturated rings. The lowest BCUT2D eigenvalue weighted by atomic mass is 9.85. The number of hydrogen-bond acceptors (Lipinski definition) is 11. The first-order valence-electron chi connectivity index (χ1n) is 18.8. The summed E-state index contributed by atoms with van der Waals surface area (Å²) in [5, 5.41) is 22.9. The number of aliphatic hydroxyl groups excluding tert-OH is 1. The van der Waals surface area contributed by atoms with Crippen LogP contribution < -0.4 is 27.0 Å². The third kappa shape index (κ3) is 14.6. The fourth-order valence-electron chi connectivity index (χ4n) is 5.52. The molecule has 2 aromatic carbocycles. The van der Waals surface area contributed by atoms with Gasteiger partial charge in [-0.15, -0.1) is 0 Å². The molecule has 15 nitrogen and oxygen atoms in total. The fraction of sp³-hybridized carbons (Fsp3) is 0.585. The Hall–Kier alpha value is -4.41. The number of nitrogens with two attached hydrogens (primary N) is 1. The molecular formula is C41H63N5O10. The molecule has 0 spiro atoms. The molecule has 2 aromatic rings. The highest BCUT2D eigenvalue weighted by Gasteiger charge is 2.46. The second kappa shape index (κ2) is 21.8. The third-order valence-corrected chi connectivity index (χ3v) is 8.95. The van der Waals surface area contributed by atoms with Gasteiger partial charge in [-0.05, 0) is 34.8 Å². The van der Waals surface area contributed by atoms with Crippen molar-refractivity contribution in [2.24, 2.45) is 22.5 Å². The summed E-state index contributed by atoms with van der Waals surface area (Å²) in [5.41, 5.74) is 5.75. The number of hydrogen-bond donors (Lipinski definition) is 6. The Morgan fingerprint density at radius 1 is 0.661 bits per heavy atom. The van der Waals surface area contributed by atoms with E-state index in [9.17, 15) is 29.1 Å². The molecule has 1 unspecified atom stereocenters. The number of carbonyl (C=O) groups excluding carboxylic acids is 5. The van der Waals surface area contributed by atoms with E-state index in [-0.39, 0.29) is 19.1 Å². The molecule has 312 valence electrons. The Bertz CT molecular complexity index is 1560. The molecule has 0 saturated heterocycles. The minimum absolute atomic E-state index is 0.178. The summed E-state index contributed by atoms with van der Waals surface area (Å²) in [6.45, 7) is 15.0. The van der Waals surface area contributed by atoms with E-state index in [2.05, 4.69) is 21.3 Å². The van der Waals surface area contributed by atoms with Gasteiger partial charge in [0.2, 0.25) is 18.1 Å². The van der Waals surface area contributed by atoms with Gasteiger partial charge >= 0.3 is 5.97 Å². The highest BCUT2D eigenvalue weighted by atomic mass is 16.7. The van der Waals surface area contributed by atoms with Crippen LogP contribution >= 0.6 is 0 Å². The van der Waals surface area contributed by atoms with Gasteiger partial charge in [0.1, 0.15) is 30.3 Å². The maximum absolute atomic E-state index is 14.5. The molecular weight excluding hydrogens is 722 g/mol. The molecule has 7 N–H and O–H groups in total. The van der Waals surface area contributed by atoms with Crippen molar-refractivity contribution in [2.75, 3.05) is 14.1 Å². The molecule has 0 heterocycles. The van der Waals surface area contributed by atoms with Crippen LogP contribution in [0.3, 0.4) is 0 Å². The molecule has 0 aliphatic heterocycles. The van der Waals surface area contributed by atoms with Gasteiger partial charge in [0, 0.05) is 14.1 Å². The lowest BCUT2D eigenvalue weighted by Crippen LogP contribution is -2.62. The molecule has 0 saturated carbocycles. The Morgan fingerprint density at radius 2 is 1.05 bits per heavy atom. The SMILES string of the molecule is CNC(=O)[C@@H](NC(=O)[C@H](OCc1ccccc1)[C@H](O)[C@@H](OC(C)OC(=O)[C@@H](N)C(C)C)[C@@H](OCc1ccccc1)C(=O)N[C@H](C(=O)NC)C(C)(C)C)C(C)(C)C. The van der Waals surface area contributed by atoms with Crippen LogP contribution in [0.5, 0.6) is 0 Å². The molecule has 0 radical (unpaired) electrons. The van der Waals surface area contributed by atoms with Gasteiger partial charge in [-0.25, -0.2) is 0 Å². The smallest absolute Gasteiger partial charge is 0.325 e. The molecule has 0 aliphatic rings. The van der Waals surface area contributed by atoms with Crippen LogP contribution in [-0.4, -0.2) is 97.6 Å². The molecule has 4 amide bonds. The summed E-state index contributed by atoms with van der Waals surface area (Å²) < 4.78 is 24.1. The van der Waals surface area contributed by atoms with E-state index in [4.69, 9.17) is 24.7 Å². The highest BCUT2D eigenvalue weighted by molar-refractivity contribution is 5.91. The molecule has 2 rings (SSSR count). The van der Waals surface area contributed by atoms with Gasteiger partial charge in [0.15, 0.2) is 12.2 Å². The summed E-state index contributed by atoms with van der Waals surface area (Å²) >= 11 is 0. The first-order valence-corrected chi connectivity index (χ1v) is 18.8. The van der Waals surface area contributed by atoms with Gasteiger partial charge in [-0.1, -0.05) is 116 Å². The van der Waals surface area contributed by atoms with Crippen molar-refractivity contribution < 1.29 is 48.0 Å². The van der Waals surface area contributed by atoms with Gasteiger partial charge in [-0.2, -0.15) is 0 Å². The predicted octanol–water partition coefficient (Wildman–Crippen LogP) is 2.33. The summed E-state index contributed by atoms with van der Waals surface area (Å²) in [4.78, 5) is 67.8. The van der Waals surface area contributed by atoms with E-state index in [0.717, 1.165) is 0 Å². The monoisotopic (exact) mass is 785 g/mol. The zero-order chi connectivity index (χ0) is 42.4. The lowest BCUT2D eigenvalue weighted by Gasteiger charge is -2.37. The minimum Gasteiger partial charge on any atom is -0.435 e. The molecule has 15 heteroatoms. The first-order chi connectivity index (χ1) is 26.1. The number of amides is 4. The second-order valence-electron chi connectivity index (χ2n) is 16.1. The number of carbonyl (C=O) groups is 5. The number of likely N-dealkylation sites (N-methyl/N-ethyl adjacent to an activating group) is 2. The van der Waals surface area contributed by atoms with E-state index >= 15 is 0 Å². The Kier molecular flexibility index (Phi) is 18.6.